The summed E-state index contributed by atoms with van der Waals surface area (Å²) in [5.41, 5.74) is 0.925. The lowest BCUT2D eigenvalue weighted by Crippen LogP contribution is -2.41. The molecule has 3 rings (SSSR count). The van der Waals surface area contributed by atoms with E-state index in [0.717, 1.165) is 6.07 Å². The highest BCUT2D eigenvalue weighted by atomic mass is 19.2. The van der Waals surface area contributed by atoms with Gasteiger partial charge >= 0.3 is 11.9 Å². The topological polar surface area (TPSA) is 61.8 Å². The number of halogens is 2. The van der Waals surface area contributed by atoms with Crippen LogP contribution in [0.5, 0.6) is 5.75 Å². The number of benzene rings is 2. The maximum absolute atomic E-state index is 13.6. The van der Waals surface area contributed by atoms with Crippen LogP contribution in [0.4, 0.5) is 8.78 Å². The summed E-state index contributed by atoms with van der Waals surface area (Å²) in [6, 6.07) is 10.4. The van der Waals surface area contributed by atoms with Crippen molar-refractivity contribution in [3.05, 3.63) is 70.8 Å². The van der Waals surface area contributed by atoms with Gasteiger partial charge in [0.25, 0.3) is 5.79 Å². The number of cyclic esters (lactones) is 2. The quantitative estimate of drug-likeness (QED) is 0.463. The van der Waals surface area contributed by atoms with Crippen LogP contribution in [0.2, 0.25) is 0 Å². The van der Waals surface area contributed by atoms with Gasteiger partial charge in [0.05, 0.1) is 0 Å². The predicted octanol–water partition coefficient (Wildman–Crippen LogP) is 3.76. The van der Waals surface area contributed by atoms with E-state index in [0.29, 0.717) is 11.1 Å². The third kappa shape index (κ3) is 4.31. The molecule has 1 saturated heterocycles. The van der Waals surface area contributed by atoms with Crippen LogP contribution in [0.25, 0.3) is 6.08 Å². The Morgan fingerprint density at radius 2 is 1.70 bits per heavy atom. The smallest absolute Gasteiger partial charge is 0.348 e. The van der Waals surface area contributed by atoms with Gasteiger partial charge in [-0.1, -0.05) is 24.3 Å². The molecule has 2 aromatic carbocycles. The van der Waals surface area contributed by atoms with E-state index in [9.17, 15) is 18.4 Å². The second-order valence-corrected chi connectivity index (χ2v) is 6.32. The Morgan fingerprint density at radius 3 is 2.41 bits per heavy atom. The van der Waals surface area contributed by atoms with E-state index in [4.69, 9.17) is 14.2 Å². The monoisotopic (exact) mass is 374 g/mol. The standard InChI is InChI=1S/C20H16F2O5/c1-20(2)26-18(23)14(19(24)27-20)10-12-5-3-6-13(9-12)11-25-16-8-4-7-15(21)17(16)22/h3-10H,11H2,1-2H3. The van der Waals surface area contributed by atoms with Crippen molar-refractivity contribution in [2.24, 2.45) is 0 Å². The Labute approximate surface area is 154 Å². The van der Waals surface area contributed by atoms with Crippen LogP contribution in [-0.2, 0) is 25.7 Å². The molecular formula is C20H16F2O5. The molecule has 0 radical (unpaired) electrons. The van der Waals surface area contributed by atoms with Crippen molar-refractivity contribution in [3.63, 3.8) is 0 Å². The van der Waals surface area contributed by atoms with Crippen LogP contribution in [0.3, 0.4) is 0 Å². The largest absolute Gasteiger partial charge is 0.486 e. The first-order valence-corrected chi connectivity index (χ1v) is 8.09. The molecule has 0 amide bonds. The van der Waals surface area contributed by atoms with Gasteiger partial charge in [0.2, 0.25) is 5.82 Å². The number of carbonyl (C=O) groups excluding carboxylic acids is 2. The number of hydrogen-bond donors (Lipinski definition) is 0. The fraction of sp³-hybridized carbons (Fsp3) is 0.200. The molecule has 27 heavy (non-hydrogen) atoms. The average molecular weight is 374 g/mol. The van der Waals surface area contributed by atoms with Gasteiger partial charge in [-0.05, 0) is 35.4 Å². The third-order valence-corrected chi connectivity index (χ3v) is 3.69. The van der Waals surface area contributed by atoms with Crippen LogP contribution < -0.4 is 4.74 Å². The summed E-state index contributed by atoms with van der Waals surface area (Å²) in [5, 5.41) is 0. The van der Waals surface area contributed by atoms with E-state index in [2.05, 4.69) is 0 Å². The number of carbonyl (C=O) groups is 2. The molecule has 0 unspecified atom stereocenters. The van der Waals surface area contributed by atoms with Crippen molar-refractivity contribution < 1.29 is 32.6 Å². The third-order valence-electron chi connectivity index (χ3n) is 3.69. The molecule has 0 aromatic heterocycles. The van der Waals surface area contributed by atoms with E-state index in [1.807, 2.05) is 0 Å². The summed E-state index contributed by atoms with van der Waals surface area (Å²) >= 11 is 0. The van der Waals surface area contributed by atoms with Gasteiger partial charge in [-0.25, -0.2) is 14.0 Å². The SMILES string of the molecule is CC1(C)OC(=O)C(=Cc2cccc(COc3cccc(F)c3F)c2)C(=O)O1. The highest BCUT2D eigenvalue weighted by Crippen LogP contribution is 2.25. The van der Waals surface area contributed by atoms with Crippen LogP contribution in [0, 0.1) is 11.6 Å². The van der Waals surface area contributed by atoms with Gasteiger partial charge in [-0.2, -0.15) is 4.39 Å². The molecule has 0 atom stereocenters. The zero-order valence-electron chi connectivity index (χ0n) is 14.6. The molecule has 0 bridgehead atoms. The van der Waals surface area contributed by atoms with Crippen molar-refractivity contribution in [2.75, 3.05) is 0 Å². The summed E-state index contributed by atoms with van der Waals surface area (Å²) in [6.45, 7) is 2.89. The normalized spacial score (nSPS) is 15.8. The molecule has 0 spiro atoms. The van der Waals surface area contributed by atoms with Crippen molar-refractivity contribution in [1.29, 1.82) is 0 Å². The average Bonchev–Trinajstić information content (AvgIpc) is 2.59. The van der Waals surface area contributed by atoms with Crippen LogP contribution >= 0.6 is 0 Å². The Balaban J connectivity index is 1.77. The van der Waals surface area contributed by atoms with Gasteiger partial charge in [0.15, 0.2) is 11.6 Å². The maximum Gasteiger partial charge on any atom is 0.348 e. The lowest BCUT2D eigenvalue weighted by atomic mass is 10.1. The first-order valence-electron chi connectivity index (χ1n) is 8.09. The first-order chi connectivity index (χ1) is 12.7. The second kappa shape index (κ2) is 7.19. The maximum atomic E-state index is 13.6. The van der Waals surface area contributed by atoms with E-state index in [-0.39, 0.29) is 17.9 Å². The highest BCUT2D eigenvalue weighted by molar-refractivity contribution is 6.18. The van der Waals surface area contributed by atoms with Gasteiger partial charge in [-0.3, -0.25) is 0 Å². The molecule has 7 heteroatoms. The molecule has 0 N–H and O–H groups in total. The van der Waals surface area contributed by atoms with Gasteiger partial charge in [0.1, 0.15) is 12.2 Å². The van der Waals surface area contributed by atoms with Gasteiger partial charge in [0, 0.05) is 13.8 Å². The van der Waals surface area contributed by atoms with E-state index < -0.39 is 29.4 Å². The van der Waals surface area contributed by atoms with Gasteiger partial charge < -0.3 is 14.2 Å². The summed E-state index contributed by atoms with van der Waals surface area (Å²) in [7, 11) is 0. The first kappa shape index (κ1) is 18.6. The summed E-state index contributed by atoms with van der Waals surface area (Å²) in [5.74, 6) is -5.13. The minimum atomic E-state index is -1.31. The van der Waals surface area contributed by atoms with Crippen molar-refractivity contribution in [1.82, 2.24) is 0 Å². The Morgan fingerprint density at radius 1 is 1.04 bits per heavy atom. The number of ether oxygens (including phenoxy) is 3. The Hall–Kier alpha value is -3.22. The molecule has 1 fully saturated rings. The highest BCUT2D eigenvalue weighted by Gasteiger charge is 2.38. The fourth-order valence-corrected chi connectivity index (χ4v) is 2.47. The van der Waals surface area contributed by atoms with Crippen LogP contribution in [0.1, 0.15) is 25.0 Å². The fourth-order valence-electron chi connectivity index (χ4n) is 2.47. The van der Waals surface area contributed by atoms with E-state index >= 15 is 0 Å². The minimum Gasteiger partial charge on any atom is -0.486 e. The molecule has 1 aliphatic heterocycles. The molecule has 0 aliphatic carbocycles. The lowest BCUT2D eigenvalue weighted by Gasteiger charge is -2.29. The predicted molar refractivity (Wildman–Crippen MR) is 91.4 cm³/mol. The van der Waals surface area contributed by atoms with Crippen LogP contribution in [-0.4, -0.2) is 17.7 Å². The Kier molecular flexibility index (Phi) is 4.94. The summed E-state index contributed by atoms with van der Waals surface area (Å²) in [6.07, 6.45) is 1.34. The lowest BCUT2D eigenvalue weighted by molar-refractivity contribution is -0.222. The number of esters is 2. The second-order valence-electron chi connectivity index (χ2n) is 6.32. The van der Waals surface area contributed by atoms with E-state index in [1.54, 1.807) is 24.3 Å². The molecule has 5 nitrogen and oxygen atoms in total. The zero-order valence-corrected chi connectivity index (χ0v) is 14.6. The number of hydrogen-bond acceptors (Lipinski definition) is 5. The molecule has 140 valence electrons. The van der Waals surface area contributed by atoms with Crippen LogP contribution in [0.15, 0.2) is 48.0 Å². The van der Waals surface area contributed by atoms with Gasteiger partial charge in [-0.15, -0.1) is 0 Å². The van der Waals surface area contributed by atoms with Crippen molar-refractivity contribution in [2.45, 2.75) is 26.2 Å². The molecule has 0 saturated carbocycles. The molecule has 1 aliphatic rings. The minimum absolute atomic E-state index is 0.0285. The Bertz CT molecular complexity index is 912. The molecular weight excluding hydrogens is 358 g/mol. The van der Waals surface area contributed by atoms with E-state index in [1.165, 1.54) is 32.1 Å². The molecule has 2 aromatic rings. The zero-order chi connectivity index (χ0) is 19.6. The summed E-state index contributed by atoms with van der Waals surface area (Å²) < 4.78 is 42.2. The van der Waals surface area contributed by atoms with Crippen molar-refractivity contribution >= 4 is 18.0 Å². The molecule has 1 heterocycles. The van der Waals surface area contributed by atoms with Crippen molar-refractivity contribution in [3.8, 4) is 5.75 Å². The number of rotatable bonds is 4. The summed E-state index contributed by atoms with van der Waals surface area (Å²) in [4.78, 5) is 24.0.